The molecule has 3 heterocycles. The lowest BCUT2D eigenvalue weighted by atomic mass is 10.0. The molecule has 8 nitrogen and oxygen atoms in total. The van der Waals surface area contributed by atoms with Crippen LogP contribution >= 0.6 is 11.3 Å². The van der Waals surface area contributed by atoms with E-state index in [1.165, 1.54) is 15.5 Å². The molecule has 0 atom stereocenters. The zero-order chi connectivity index (χ0) is 22.9. The van der Waals surface area contributed by atoms with Gasteiger partial charge in [-0.05, 0) is 24.8 Å². The second-order valence-electron chi connectivity index (χ2n) is 7.79. The van der Waals surface area contributed by atoms with Crippen LogP contribution in [0, 0.1) is 27.6 Å². The van der Waals surface area contributed by atoms with Crippen molar-refractivity contribution >= 4 is 38.9 Å². The summed E-state index contributed by atoms with van der Waals surface area (Å²) in [6, 6.07) is 1.01. The Bertz CT molecular complexity index is 1400. The summed E-state index contributed by atoms with van der Waals surface area (Å²) in [4.78, 5) is 36.5. The number of carboxylic acid groups (broad SMARTS) is 1. The van der Waals surface area contributed by atoms with Crippen LogP contribution in [0.15, 0.2) is 17.1 Å². The van der Waals surface area contributed by atoms with E-state index < -0.39 is 55.9 Å². The van der Waals surface area contributed by atoms with E-state index in [1.807, 2.05) is 0 Å². The number of hydrogen-bond donors (Lipinski definition) is 1. The third kappa shape index (κ3) is 2.97. The van der Waals surface area contributed by atoms with Crippen molar-refractivity contribution in [2.75, 3.05) is 11.4 Å². The topological polar surface area (TPSA) is 106 Å². The average Bonchev–Trinajstić information content (AvgIpc) is 3.49. The van der Waals surface area contributed by atoms with Crippen molar-refractivity contribution < 1.29 is 28.0 Å². The van der Waals surface area contributed by atoms with Crippen LogP contribution in [-0.2, 0) is 13.0 Å². The first-order valence-corrected chi connectivity index (χ1v) is 10.5. The molecule has 0 radical (unpaired) electrons. The van der Waals surface area contributed by atoms with Gasteiger partial charge in [-0.25, -0.2) is 18.0 Å². The van der Waals surface area contributed by atoms with Gasteiger partial charge in [0.1, 0.15) is 11.3 Å². The van der Waals surface area contributed by atoms with Gasteiger partial charge in [-0.15, -0.1) is 0 Å². The molecular formula is C20H14F3N3O5S. The molecule has 0 saturated heterocycles. The van der Waals surface area contributed by atoms with Crippen LogP contribution < -0.4 is 10.3 Å². The first-order chi connectivity index (χ1) is 15.2. The highest BCUT2D eigenvalue weighted by Gasteiger charge is 2.35. The molecule has 0 unspecified atom stereocenters. The Morgan fingerprint density at radius 3 is 2.56 bits per heavy atom. The van der Waals surface area contributed by atoms with Gasteiger partial charge in [0.15, 0.2) is 17.5 Å². The molecule has 1 aromatic carbocycles. The fourth-order valence-corrected chi connectivity index (χ4v) is 5.13. The largest absolute Gasteiger partial charge is 0.477 e. The summed E-state index contributed by atoms with van der Waals surface area (Å²) in [5, 5.41) is 19.3. The Hall–Kier alpha value is -3.41. The predicted octanol–water partition coefficient (Wildman–Crippen LogP) is 3.98. The maximum atomic E-state index is 15.7. The van der Waals surface area contributed by atoms with E-state index in [-0.39, 0.29) is 30.6 Å². The van der Waals surface area contributed by atoms with Crippen molar-refractivity contribution in [1.82, 2.24) is 4.57 Å². The molecule has 2 aromatic heterocycles. The van der Waals surface area contributed by atoms with E-state index in [1.54, 1.807) is 0 Å². The number of carboxylic acids is 1. The Kier molecular flexibility index (Phi) is 4.52. The van der Waals surface area contributed by atoms with Crippen LogP contribution in [0.5, 0.6) is 0 Å². The molecule has 5 rings (SSSR count). The molecule has 0 bridgehead atoms. The number of aromatic carboxylic acids is 1. The minimum Gasteiger partial charge on any atom is -0.477 e. The Labute approximate surface area is 181 Å². The van der Waals surface area contributed by atoms with E-state index in [9.17, 15) is 24.8 Å². The number of nitrogens with zero attached hydrogens (tertiary/aromatic N) is 3. The van der Waals surface area contributed by atoms with Crippen LogP contribution in [0.3, 0.4) is 0 Å². The Balaban J connectivity index is 1.72. The third-order valence-electron chi connectivity index (χ3n) is 5.79. The quantitative estimate of drug-likeness (QED) is 0.355. The van der Waals surface area contributed by atoms with Crippen molar-refractivity contribution in [3.63, 3.8) is 0 Å². The lowest BCUT2D eigenvalue weighted by Crippen LogP contribution is -2.32. The van der Waals surface area contributed by atoms with Gasteiger partial charge in [-0.2, -0.15) is 0 Å². The number of anilines is 1. The van der Waals surface area contributed by atoms with Gasteiger partial charge in [0, 0.05) is 36.3 Å². The first kappa shape index (κ1) is 20.5. The number of pyridine rings is 1. The fourth-order valence-electron chi connectivity index (χ4n) is 4.15. The van der Waals surface area contributed by atoms with Crippen molar-refractivity contribution in [3.05, 3.63) is 66.1 Å². The molecule has 1 fully saturated rings. The zero-order valence-corrected chi connectivity index (χ0v) is 17.0. The Morgan fingerprint density at radius 1 is 1.22 bits per heavy atom. The number of fused-ring (bicyclic) bond motifs is 2. The normalized spacial score (nSPS) is 15.8. The zero-order valence-electron chi connectivity index (χ0n) is 16.2. The number of halogens is 3. The van der Waals surface area contributed by atoms with Crippen molar-refractivity contribution in [2.45, 2.75) is 31.8 Å². The van der Waals surface area contributed by atoms with Crippen LogP contribution in [-0.4, -0.2) is 27.1 Å². The predicted molar refractivity (Wildman–Crippen MR) is 109 cm³/mol. The van der Waals surface area contributed by atoms with E-state index in [0.29, 0.717) is 18.4 Å². The molecule has 3 aromatic rings. The molecule has 1 N–H and O–H groups in total. The maximum Gasteiger partial charge on any atom is 0.341 e. The molecular weight excluding hydrogens is 451 g/mol. The van der Waals surface area contributed by atoms with Gasteiger partial charge in [-0.1, -0.05) is 11.3 Å². The van der Waals surface area contributed by atoms with Crippen LogP contribution in [0.4, 0.5) is 23.9 Å². The molecule has 1 saturated carbocycles. The summed E-state index contributed by atoms with van der Waals surface area (Å²) >= 11 is 0.987. The summed E-state index contributed by atoms with van der Waals surface area (Å²) in [5.41, 5.74) is -2.68. The van der Waals surface area contributed by atoms with Crippen LogP contribution in [0.1, 0.15) is 39.7 Å². The lowest BCUT2D eigenvalue weighted by molar-refractivity contribution is -0.380. The third-order valence-corrected chi connectivity index (χ3v) is 6.98. The SMILES string of the molecule is O=C(O)c1cn(C2CC2)c2c(F)c(N3CCc4sc([N+](=O)[O-])cc4C3)c(F)c(F)c2c1=O. The van der Waals surface area contributed by atoms with Gasteiger partial charge in [-0.3, -0.25) is 14.9 Å². The van der Waals surface area contributed by atoms with Crippen molar-refractivity contribution in [2.24, 2.45) is 0 Å². The molecule has 1 aliphatic carbocycles. The number of benzene rings is 1. The monoisotopic (exact) mass is 465 g/mol. The lowest BCUT2D eigenvalue weighted by Gasteiger charge is -2.30. The molecule has 12 heteroatoms. The number of thiophene rings is 1. The maximum absolute atomic E-state index is 15.7. The van der Waals surface area contributed by atoms with Gasteiger partial charge < -0.3 is 14.6 Å². The van der Waals surface area contributed by atoms with Gasteiger partial charge in [0.25, 0.3) is 0 Å². The summed E-state index contributed by atoms with van der Waals surface area (Å²) in [7, 11) is 0. The van der Waals surface area contributed by atoms with Gasteiger partial charge >= 0.3 is 11.0 Å². The summed E-state index contributed by atoms with van der Waals surface area (Å²) in [5.74, 6) is -5.97. The number of nitro groups is 1. The Morgan fingerprint density at radius 2 is 1.94 bits per heavy atom. The molecule has 0 amide bonds. The highest BCUT2D eigenvalue weighted by atomic mass is 32.1. The van der Waals surface area contributed by atoms with Crippen LogP contribution in [0.2, 0.25) is 0 Å². The molecule has 2 aliphatic rings. The minimum absolute atomic E-state index is 0.0701. The summed E-state index contributed by atoms with van der Waals surface area (Å²) in [6.45, 7) is 0.0175. The number of carbonyl (C=O) groups is 1. The highest BCUT2D eigenvalue weighted by molar-refractivity contribution is 7.15. The van der Waals surface area contributed by atoms with Crippen LogP contribution in [0.25, 0.3) is 10.9 Å². The average molecular weight is 465 g/mol. The van der Waals surface area contributed by atoms with E-state index >= 15 is 13.2 Å². The molecule has 0 spiro atoms. The second-order valence-corrected chi connectivity index (χ2v) is 8.91. The van der Waals surface area contributed by atoms with Crippen molar-refractivity contribution in [3.8, 4) is 0 Å². The van der Waals surface area contributed by atoms with Crippen molar-refractivity contribution in [1.29, 1.82) is 0 Å². The minimum atomic E-state index is -1.61. The van der Waals surface area contributed by atoms with Gasteiger partial charge in [0.2, 0.25) is 5.43 Å². The standard InChI is InChI=1S/C20H14F3N3O5S/c21-14-13-17(25(9-1-2-9)7-10(19(13)27)20(28)29)16(23)18(15(14)22)24-4-3-11-8(6-24)5-12(32-11)26(30)31/h5,7,9H,1-4,6H2,(H,28,29). The highest BCUT2D eigenvalue weighted by Crippen LogP contribution is 2.42. The van der Waals surface area contributed by atoms with E-state index in [4.69, 9.17) is 0 Å². The fraction of sp³-hybridized carbons (Fsp3) is 0.300. The smallest absolute Gasteiger partial charge is 0.341 e. The molecule has 32 heavy (non-hydrogen) atoms. The number of hydrogen-bond acceptors (Lipinski definition) is 6. The number of aromatic nitrogens is 1. The van der Waals surface area contributed by atoms with E-state index in [0.717, 1.165) is 22.4 Å². The molecule has 1 aliphatic heterocycles. The first-order valence-electron chi connectivity index (χ1n) is 9.68. The molecule has 166 valence electrons. The summed E-state index contributed by atoms with van der Waals surface area (Å²) in [6.07, 6.45) is 2.41. The number of rotatable bonds is 4. The summed E-state index contributed by atoms with van der Waals surface area (Å²) < 4.78 is 47.1. The van der Waals surface area contributed by atoms with E-state index in [2.05, 4.69) is 0 Å². The second kappa shape index (κ2) is 7.05. The van der Waals surface area contributed by atoms with Gasteiger partial charge in [0.05, 0.1) is 15.8 Å².